The second-order valence-corrected chi connectivity index (χ2v) is 5.79. The summed E-state index contributed by atoms with van der Waals surface area (Å²) in [5, 5.41) is 3.63. The summed E-state index contributed by atoms with van der Waals surface area (Å²) < 4.78 is 0. The van der Waals surface area contributed by atoms with Gasteiger partial charge in [0.25, 0.3) is 0 Å². The van der Waals surface area contributed by atoms with Gasteiger partial charge in [0, 0.05) is 6.04 Å². The number of nitrogens with one attached hydrogen (secondary N) is 1. The van der Waals surface area contributed by atoms with Crippen molar-refractivity contribution >= 4 is 11.4 Å². The molecule has 2 rings (SSSR count). The number of benzene rings is 1. The van der Waals surface area contributed by atoms with Gasteiger partial charge in [-0.2, -0.15) is 0 Å². The van der Waals surface area contributed by atoms with Gasteiger partial charge in [-0.05, 0) is 49.7 Å². The summed E-state index contributed by atoms with van der Waals surface area (Å²) in [5.74, 6) is 1.64. The maximum absolute atomic E-state index is 6.11. The molecule has 0 radical (unpaired) electrons. The molecule has 3 N–H and O–H groups in total. The van der Waals surface area contributed by atoms with Gasteiger partial charge in [-0.25, -0.2) is 0 Å². The van der Waals surface area contributed by atoms with E-state index in [1.165, 1.54) is 19.3 Å². The Balaban J connectivity index is 2.07. The van der Waals surface area contributed by atoms with Gasteiger partial charge >= 0.3 is 0 Å². The van der Waals surface area contributed by atoms with Crippen LogP contribution in [-0.2, 0) is 0 Å². The van der Waals surface area contributed by atoms with Gasteiger partial charge in [0.15, 0.2) is 0 Å². The minimum atomic E-state index is 0.581. The maximum Gasteiger partial charge on any atom is 0.0579 e. The van der Waals surface area contributed by atoms with E-state index in [9.17, 15) is 0 Å². The highest BCUT2D eigenvalue weighted by atomic mass is 14.9. The molecule has 0 bridgehead atoms. The molecule has 1 aliphatic carbocycles. The number of anilines is 2. The molecule has 17 heavy (non-hydrogen) atoms. The van der Waals surface area contributed by atoms with Gasteiger partial charge in [-0.15, -0.1) is 0 Å². The van der Waals surface area contributed by atoms with E-state index >= 15 is 0 Å². The summed E-state index contributed by atoms with van der Waals surface area (Å²) in [6.45, 7) is 6.76. The van der Waals surface area contributed by atoms with Crippen LogP contribution in [0.25, 0.3) is 0 Å². The summed E-state index contributed by atoms with van der Waals surface area (Å²) in [4.78, 5) is 0. The SMILES string of the molecule is Cc1cccc(NC2CC(C)CC(C)C2)c1N. The van der Waals surface area contributed by atoms with Crippen molar-refractivity contribution in [1.82, 2.24) is 0 Å². The zero-order valence-electron chi connectivity index (χ0n) is 11.2. The third-order valence-electron chi connectivity index (χ3n) is 3.86. The number of hydrogen-bond donors (Lipinski definition) is 2. The first kappa shape index (κ1) is 12.3. The molecule has 94 valence electrons. The van der Waals surface area contributed by atoms with Crippen LogP contribution in [0.5, 0.6) is 0 Å². The van der Waals surface area contributed by atoms with Crippen LogP contribution in [0.1, 0.15) is 38.7 Å². The lowest BCUT2D eigenvalue weighted by Crippen LogP contribution is -2.30. The molecule has 0 aromatic heterocycles. The average Bonchev–Trinajstić information content (AvgIpc) is 2.23. The molecule has 1 aromatic carbocycles. The fraction of sp³-hybridized carbons (Fsp3) is 0.600. The van der Waals surface area contributed by atoms with Crippen molar-refractivity contribution in [3.8, 4) is 0 Å². The lowest BCUT2D eigenvalue weighted by molar-refractivity contribution is 0.281. The monoisotopic (exact) mass is 232 g/mol. The molecule has 2 atom stereocenters. The summed E-state index contributed by atoms with van der Waals surface area (Å²) in [6.07, 6.45) is 3.89. The molecule has 0 heterocycles. The maximum atomic E-state index is 6.11. The largest absolute Gasteiger partial charge is 0.397 e. The third kappa shape index (κ3) is 2.93. The lowest BCUT2D eigenvalue weighted by atomic mass is 9.80. The van der Waals surface area contributed by atoms with Gasteiger partial charge in [0.1, 0.15) is 0 Å². The van der Waals surface area contributed by atoms with Crippen molar-refractivity contribution in [3.05, 3.63) is 23.8 Å². The number of para-hydroxylation sites is 1. The molecule has 2 nitrogen and oxygen atoms in total. The summed E-state index contributed by atoms with van der Waals surface area (Å²) in [5.41, 5.74) is 9.27. The normalized spacial score (nSPS) is 29.0. The quantitative estimate of drug-likeness (QED) is 0.761. The molecule has 1 aliphatic rings. The van der Waals surface area contributed by atoms with Crippen LogP contribution < -0.4 is 11.1 Å². The van der Waals surface area contributed by atoms with E-state index in [0.717, 1.165) is 28.8 Å². The highest BCUT2D eigenvalue weighted by molar-refractivity contribution is 5.69. The second-order valence-electron chi connectivity index (χ2n) is 5.79. The first-order valence-corrected chi connectivity index (χ1v) is 6.68. The van der Waals surface area contributed by atoms with Gasteiger partial charge < -0.3 is 11.1 Å². The summed E-state index contributed by atoms with van der Waals surface area (Å²) >= 11 is 0. The standard InChI is InChI=1S/C15H24N2/c1-10-7-11(2)9-13(8-10)17-14-6-4-5-12(3)15(14)16/h4-6,10-11,13,17H,7-9,16H2,1-3H3. The van der Waals surface area contributed by atoms with Crippen molar-refractivity contribution in [1.29, 1.82) is 0 Å². The zero-order chi connectivity index (χ0) is 12.4. The molecule has 2 unspecified atom stereocenters. The van der Waals surface area contributed by atoms with E-state index in [0.29, 0.717) is 6.04 Å². The molecular weight excluding hydrogens is 208 g/mol. The molecule has 1 aromatic rings. The molecule has 1 fully saturated rings. The van der Waals surface area contributed by atoms with Crippen LogP contribution in [0.15, 0.2) is 18.2 Å². The van der Waals surface area contributed by atoms with Crippen molar-refractivity contribution in [3.63, 3.8) is 0 Å². The molecule has 1 saturated carbocycles. The Bertz CT molecular complexity index is 377. The second kappa shape index (κ2) is 4.99. The van der Waals surface area contributed by atoms with Crippen molar-refractivity contribution in [2.24, 2.45) is 11.8 Å². The van der Waals surface area contributed by atoms with Crippen molar-refractivity contribution in [2.45, 2.75) is 46.1 Å². The Hall–Kier alpha value is -1.18. The number of hydrogen-bond acceptors (Lipinski definition) is 2. The zero-order valence-corrected chi connectivity index (χ0v) is 11.2. The molecule has 0 aliphatic heterocycles. The topological polar surface area (TPSA) is 38.0 Å². The van der Waals surface area contributed by atoms with E-state index in [2.05, 4.69) is 44.3 Å². The van der Waals surface area contributed by atoms with Crippen LogP contribution in [0.4, 0.5) is 11.4 Å². The van der Waals surface area contributed by atoms with Gasteiger partial charge in [0.2, 0.25) is 0 Å². The summed E-state index contributed by atoms with van der Waals surface area (Å²) in [6, 6.07) is 6.81. The van der Waals surface area contributed by atoms with Gasteiger partial charge in [-0.1, -0.05) is 26.0 Å². The molecule has 0 saturated heterocycles. The van der Waals surface area contributed by atoms with Crippen molar-refractivity contribution in [2.75, 3.05) is 11.1 Å². The van der Waals surface area contributed by atoms with Crippen LogP contribution >= 0.6 is 0 Å². The van der Waals surface area contributed by atoms with Crippen LogP contribution in [0.3, 0.4) is 0 Å². The van der Waals surface area contributed by atoms with Gasteiger partial charge in [0.05, 0.1) is 11.4 Å². The predicted octanol–water partition coefficient (Wildman–Crippen LogP) is 3.81. The Morgan fingerprint density at radius 1 is 1.12 bits per heavy atom. The Kier molecular flexibility index (Phi) is 3.60. The van der Waals surface area contributed by atoms with Gasteiger partial charge in [-0.3, -0.25) is 0 Å². The first-order valence-electron chi connectivity index (χ1n) is 6.68. The van der Waals surface area contributed by atoms with Crippen molar-refractivity contribution < 1.29 is 0 Å². The fourth-order valence-electron chi connectivity index (χ4n) is 3.09. The van der Waals surface area contributed by atoms with E-state index in [4.69, 9.17) is 5.73 Å². The number of nitrogen functional groups attached to an aromatic ring is 1. The van der Waals surface area contributed by atoms with E-state index < -0.39 is 0 Å². The molecule has 2 heteroatoms. The molecule has 0 spiro atoms. The van der Waals surface area contributed by atoms with E-state index in [1.807, 2.05) is 0 Å². The average molecular weight is 232 g/mol. The Morgan fingerprint density at radius 3 is 2.41 bits per heavy atom. The highest BCUT2D eigenvalue weighted by Crippen LogP contribution is 2.32. The third-order valence-corrected chi connectivity index (χ3v) is 3.86. The smallest absolute Gasteiger partial charge is 0.0579 e. The van der Waals surface area contributed by atoms with Crippen LogP contribution in [0.2, 0.25) is 0 Å². The molecule has 0 amide bonds. The first-order chi connectivity index (χ1) is 8.06. The van der Waals surface area contributed by atoms with Crippen LogP contribution in [-0.4, -0.2) is 6.04 Å². The predicted molar refractivity (Wildman–Crippen MR) is 75.2 cm³/mol. The fourth-order valence-corrected chi connectivity index (χ4v) is 3.09. The van der Waals surface area contributed by atoms with Crippen LogP contribution in [0, 0.1) is 18.8 Å². The number of nitrogens with two attached hydrogens (primary N) is 1. The highest BCUT2D eigenvalue weighted by Gasteiger charge is 2.24. The minimum Gasteiger partial charge on any atom is -0.397 e. The Morgan fingerprint density at radius 2 is 1.76 bits per heavy atom. The van der Waals surface area contributed by atoms with E-state index in [1.54, 1.807) is 0 Å². The van der Waals surface area contributed by atoms with E-state index in [-0.39, 0.29) is 0 Å². The minimum absolute atomic E-state index is 0.581. The Labute approximate surface area is 105 Å². The lowest BCUT2D eigenvalue weighted by Gasteiger charge is -2.33. The number of rotatable bonds is 2. The summed E-state index contributed by atoms with van der Waals surface area (Å²) in [7, 11) is 0. The number of aryl methyl sites for hydroxylation is 1. The molecular formula is C15H24N2.